The highest BCUT2D eigenvalue weighted by Gasteiger charge is 2.45. The number of amides is 3. The van der Waals surface area contributed by atoms with E-state index < -0.39 is 42.1 Å². The van der Waals surface area contributed by atoms with Gasteiger partial charge in [-0.3, -0.25) is 19.2 Å². The van der Waals surface area contributed by atoms with Crippen molar-refractivity contribution in [1.82, 2.24) is 15.5 Å². The summed E-state index contributed by atoms with van der Waals surface area (Å²) >= 11 is 0.986. The van der Waals surface area contributed by atoms with Crippen LogP contribution in [0.4, 0.5) is 13.2 Å². The molecule has 0 aromatic heterocycles. The van der Waals surface area contributed by atoms with Crippen LogP contribution in [0.5, 0.6) is 11.5 Å². The Kier molecular flexibility index (Phi) is 11.5. The number of carbonyl (C=O) groups is 5. The Morgan fingerprint density at radius 1 is 1.02 bits per heavy atom. The summed E-state index contributed by atoms with van der Waals surface area (Å²) in [5.41, 5.74) is 6.97. The summed E-state index contributed by atoms with van der Waals surface area (Å²) in [4.78, 5) is 59.6. The van der Waals surface area contributed by atoms with Crippen molar-refractivity contribution in [3.63, 3.8) is 0 Å². The van der Waals surface area contributed by atoms with E-state index in [2.05, 4.69) is 10.6 Å². The van der Waals surface area contributed by atoms with E-state index in [0.29, 0.717) is 23.4 Å². The summed E-state index contributed by atoms with van der Waals surface area (Å²) in [6, 6.07) is 9.08. The van der Waals surface area contributed by atoms with Crippen LogP contribution >= 0.6 is 11.8 Å². The van der Waals surface area contributed by atoms with E-state index in [0.717, 1.165) is 11.8 Å². The summed E-state index contributed by atoms with van der Waals surface area (Å²) in [5, 5.41) is 31.0. The monoisotopic (exact) mass is 600 g/mol. The van der Waals surface area contributed by atoms with Gasteiger partial charge in [0.05, 0.1) is 6.54 Å². The Balaban J connectivity index is 0.000000745. The van der Waals surface area contributed by atoms with E-state index in [9.17, 15) is 42.6 Å². The third kappa shape index (κ3) is 9.68. The molecule has 0 radical (unpaired) electrons. The zero-order valence-corrected chi connectivity index (χ0v) is 22.2. The predicted octanol–water partition coefficient (Wildman–Crippen LogP) is 1.20. The summed E-state index contributed by atoms with van der Waals surface area (Å²) in [6.45, 7) is 1.79. The summed E-state index contributed by atoms with van der Waals surface area (Å²) in [6.07, 6.45) is -5.08. The second-order valence-electron chi connectivity index (χ2n) is 8.57. The zero-order valence-electron chi connectivity index (χ0n) is 21.4. The van der Waals surface area contributed by atoms with Crippen molar-refractivity contribution in [1.29, 1.82) is 0 Å². The van der Waals surface area contributed by atoms with Crippen LogP contribution in [0.25, 0.3) is 0 Å². The molecule has 3 amide bonds. The molecule has 0 bridgehead atoms. The summed E-state index contributed by atoms with van der Waals surface area (Å²) in [7, 11) is 0. The van der Waals surface area contributed by atoms with Gasteiger partial charge in [0.2, 0.25) is 22.8 Å². The van der Waals surface area contributed by atoms with Crippen molar-refractivity contribution in [2.45, 2.75) is 31.2 Å². The lowest BCUT2D eigenvalue weighted by Gasteiger charge is -2.43. The van der Waals surface area contributed by atoms with Gasteiger partial charge in [-0.1, -0.05) is 36.0 Å². The maximum Gasteiger partial charge on any atom is 0.490 e. The topological polar surface area (TPSA) is 199 Å². The fourth-order valence-corrected chi connectivity index (χ4v) is 4.27. The number of phenolic OH excluding ortho intramolecular Hbond substituents is 2. The van der Waals surface area contributed by atoms with Gasteiger partial charge in [0, 0.05) is 19.2 Å². The van der Waals surface area contributed by atoms with Gasteiger partial charge in [0.1, 0.15) is 29.6 Å². The van der Waals surface area contributed by atoms with Gasteiger partial charge in [-0.25, -0.2) is 4.79 Å². The maximum absolute atomic E-state index is 13.0. The number of hydrogen-bond acceptors (Lipinski definition) is 9. The number of benzene rings is 2. The molecule has 0 spiro atoms. The van der Waals surface area contributed by atoms with Crippen molar-refractivity contribution in [3.05, 3.63) is 59.7 Å². The van der Waals surface area contributed by atoms with Gasteiger partial charge < -0.3 is 36.6 Å². The van der Waals surface area contributed by atoms with Gasteiger partial charge >= 0.3 is 12.1 Å². The molecular weight excluding hydrogens is 573 g/mol. The van der Waals surface area contributed by atoms with Crippen molar-refractivity contribution in [2.75, 3.05) is 18.8 Å². The normalized spacial score (nSPS) is 15.9. The average Bonchev–Trinajstić information content (AvgIpc) is 2.90. The lowest BCUT2D eigenvalue weighted by molar-refractivity contribution is -0.192. The highest BCUT2D eigenvalue weighted by molar-refractivity contribution is 8.13. The van der Waals surface area contributed by atoms with Gasteiger partial charge in [0.25, 0.3) is 0 Å². The first-order chi connectivity index (χ1) is 19.1. The number of thioether (sulfide) groups is 1. The van der Waals surface area contributed by atoms with Crippen LogP contribution in [0.1, 0.15) is 30.1 Å². The van der Waals surface area contributed by atoms with Crippen LogP contribution in [-0.4, -0.2) is 80.1 Å². The number of nitrogens with two attached hydrogens (primary N) is 1. The molecule has 41 heavy (non-hydrogen) atoms. The van der Waals surface area contributed by atoms with E-state index >= 15 is 0 Å². The number of carboxylic acids is 1. The van der Waals surface area contributed by atoms with Crippen LogP contribution in [0.3, 0.4) is 0 Å². The number of phenols is 2. The molecule has 16 heteroatoms. The zero-order chi connectivity index (χ0) is 30.9. The standard InChI is InChI=1S/C23H26N4O6S.C2HF3O2/c1-13(28)25-10-11-34-23(33)20(15-4-8-17(30)9-5-15)27-12-18(22(27)32)26-21(31)19(24)14-2-6-16(29)7-3-14;3-2(4,5)1(6)7/h2-9,18-20,29-30H,10-12,24H2,1H3,(H,25,28)(H,26,31);(H,6,7)/t18-,19+,20-;/m0./s1. The van der Waals surface area contributed by atoms with E-state index in [1.165, 1.54) is 48.2 Å². The number of likely N-dealkylation sites (tertiary alicyclic amines) is 1. The van der Waals surface area contributed by atoms with Gasteiger partial charge in [-0.2, -0.15) is 13.2 Å². The molecule has 1 aliphatic heterocycles. The molecule has 222 valence electrons. The van der Waals surface area contributed by atoms with Crippen molar-refractivity contribution >= 4 is 40.6 Å². The SMILES string of the molecule is CC(=O)NCCSC(=O)[C@H](c1ccc(O)cc1)N1C[C@H](NC(=O)[C@H](N)c2ccc(O)cc2)C1=O.O=C(O)C(F)(F)F. The lowest BCUT2D eigenvalue weighted by atomic mass is 9.98. The molecule has 1 aliphatic rings. The number of rotatable bonds is 9. The fourth-order valence-electron chi connectivity index (χ4n) is 3.44. The Bertz CT molecular complexity index is 1260. The number of hydrogen-bond donors (Lipinski definition) is 6. The molecule has 2 aromatic carbocycles. The van der Waals surface area contributed by atoms with Crippen LogP contribution in [0, 0.1) is 0 Å². The number of alkyl halides is 3. The molecule has 0 unspecified atom stereocenters. The van der Waals surface area contributed by atoms with Crippen LogP contribution in [0.2, 0.25) is 0 Å². The summed E-state index contributed by atoms with van der Waals surface area (Å²) in [5.74, 6) is -3.55. The van der Waals surface area contributed by atoms with Gasteiger partial charge in [0.15, 0.2) is 0 Å². The number of carbonyl (C=O) groups excluding carboxylic acids is 4. The first-order valence-corrected chi connectivity index (χ1v) is 12.8. The predicted molar refractivity (Wildman–Crippen MR) is 139 cm³/mol. The van der Waals surface area contributed by atoms with Gasteiger partial charge in [-0.05, 0) is 35.4 Å². The van der Waals surface area contributed by atoms with Crippen LogP contribution in [0.15, 0.2) is 48.5 Å². The van der Waals surface area contributed by atoms with E-state index in [1.807, 2.05) is 0 Å². The number of aromatic hydroxyl groups is 2. The third-order valence-electron chi connectivity index (χ3n) is 5.52. The minimum absolute atomic E-state index is 0.0246. The Morgan fingerprint density at radius 3 is 1.95 bits per heavy atom. The van der Waals surface area contributed by atoms with Crippen LogP contribution < -0.4 is 16.4 Å². The number of halogens is 3. The molecule has 3 atom stereocenters. The Hall–Kier alpha value is -4.31. The molecule has 0 saturated carbocycles. The summed E-state index contributed by atoms with van der Waals surface area (Å²) < 4.78 is 31.7. The van der Waals surface area contributed by atoms with E-state index in [1.54, 1.807) is 12.1 Å². The highest BCUT2D eigenvalue weighted by Crippen LogP contribution is 2.32. The minimum atomic E-state index is -5.08. The molecule has 2 aromatic rings. The first kappa shape index (κ1) is 32.9. The molecule has 7 N–H and O–H groups in total. The fraction of sp³-hybridized carbons (Fsp3) is 0.320. The number of aliphatic carboxylic acids is 1. The number of β-lactam (4-membered cyclic amide) rings is 1. The Morgan fingerprint density at radius 2 is 1.51 bits per heavy atom. The van der Waals surface area contributed by atoms with Crippen molar-refractivity contribution in [2.24, 2.45) is 5.73 Å². The molecule has 1 heterocycles. The largest absolute Gasteiger partial charge is 0.508 e. The number of carboxylic acid groups (broad SMARTS) is 1. The lowest BCUT2D eigenvalue weighted by Crippen LogP contribution is -2.65. The third-order valence-corrected chi connectivity index (χ3v) is 6.43. The highest BCUT2D eigenvalue weighted by atomic mass is 32.2. The second-order valence-corrected chi connectivity index (χ2v) is 9.67. The molecule has 12 nitrogen and oxygen atoms in total. The molecule has 1 fully saturated rings. The average molecular weight is 601 g/mol. The van der Waals surface area contributed by atoms with Crippen molar-refractivity contribution in [3.8, 4) is 11.5 Å². The van der Waals surface area contributed by atoms with E-state index in [-0.39, 0.29) is 29.1 Å². The molecule has 1 saturated heterocycles. The Labute approximate surface area is 235 Å². The first-order valence-electron chi connectivity index (χ1n) is 11.8. The molecule has 0 aliphatic carbocycles. The number of nitrogens with zero attached hydrogens (tertiary/aromatic N) is 1. The van der Waals surface area contributed by atoms with Gasteiger partial charge in [-0.15, -0.1) is 0 Å². The van der Waals surface area contributed by atoms with Crippen LogP contribution in [-0.2, 0) is 24.0 Å². The quantitative estimate of drug-likeness (QED) is 0.180. The van der Waals surface area contributed by atoms with E-state index in [4.69, 9.17) is 15.6 Å². The maximum atomic E-state index is 13.0. The minimum Gasteiger partial charge on any atom is -0.508 e. The smallest absolute Gasteiger partial charge is 0.490 e. The molecule has 3 rings (SSSR count). The number of nitrogens with one attached hydrogen (secondary N) is 2. The van der Waals surface area contributed by atoms with Crippen molar-refractivity contribution < 1.29 is 52.5 Å². The second kappa shape index (κ2) is 14.4. The molecular formula is C25H27F3N4O8S.